The minimum atomic E-state index is -0.0955. The predicted molar refractivity (Wildman–Crippen MR) is 91.1 cm³/mol. The molecule has 0 saturated heterocycles. The van der Waals surface area contributed by atoms with E-state index >= 15 is 0 Å². The van der Waals surface area contributed by atoms with E-state index in [0.717, 1.165) is 36.5 Å². The zero-order chi connectivity index (χ0) is 15.0. The molecule has 118 valence electrons. The Morgan fingerprint density at radius 1 is 1.36 bits per heavy atom. The van der Waals surface area contributed by atoms with Crippen molar-refractivity contribution in [2.24, 2.45) is 7.05 Å². The van der Waals surface area contributed by atoms with Crippen LogP contribution in [0.3, 0.4) is 0 Å². The lowest BCUT2D eigenvalue weighted by atomic mass is 10.0. The number of halogens is 1. The summed E-state index contributed by atoms with van der Waals surface area (Å²) in [5.74, 6) is -0.0955. The van der Waals surface area contributed by atoms with Gasteiger partial charge in [0.2, 0.25) is 0 Å². The van der Waals surface area contributed by atoms with Gasteiger partial charge >= 0.3 is 0 Å². The van der Waals surface area contributed by atoms with Crippen LogP contribution in [-0.2, 0) is 13.5 Å². The molecule has 5 nitrogen and oxygen atoms in total. The second-order valence-electron chi connectivity index (χ2n) is 5.53. The number of fused-ring (bicyclic) bond motifs is 1. The highest BCUT2D eigenvalue weighted by Crippen LogP contribution is 2.25. The molecule has 22 heavy (non-hydrogen) atoms. The molecule has 0 aliphatic carbocycles. The van der Waals surface area contributed by atoms with Crippen LogP contribution in [-0.4, -0.2) is 22.2 Å². The van der Waals surface area contributed by atoms with Gasteiger partial charge in [-0.1, -0.05) is 0 Å². The molecule has 2 heterocycles. The van der Waals surface area contributed by atoms with Crippen molar-refractivity contribution in [3.63, 3.8) is 0 Å². The molecule has 0 radical (unpaired) electrons. The molecule has 0 unspecified atom stereocenters. The lowest BCUT2D eigenvalue weighted by molar-refractivity contribution is 0.102. The third kappa shape index (κ3) is 2.95. The standard InChI is InChI=1S/C16H20N4O.ClH/c1-10-15(11(2)20(3)19-10)16(21)18-13-6-7-14-12(9-13)5-4-8-17-14;/h6-7,9,17H,4-5,8H2,1-3H3,(H,18,21);1H. The molecule has 2 aromatic rings. The Labute approximate surface area is 136 Å². The van der Waals surface area contributed by atoms with Gasteiger partial charge in [0.15, 0.2) is 0 Å². The maximum absolute atomic E-state index is 12.5. The normalized spacial score (nSPS) is 12.9. The topological polar surface area (TPSA) is 59.0 Å². The van der Waals surface area contributed by atoms with Gasteiger partial charge in [-0.25, -0.2) is 0 Å². The zero-order valence-corrected chi connectivity index (χ0v) is 13.9. The highest BCUT2D eigenvalue weighted by atomic mass is 35.5. The molecular weight excluding hydrogens is 300 g/mol. The molecular formula is C16H21ClN4O. The summed E-state index contributed by atoms with van der Waals surface area (Å²) >= 11 is 0. The molecule has 0 spiro atoms. The van der Waals surface area contributed by atoms with Crippen molar-refractivity contribution >= 4 is 29.7 Å². The molecule has 1 amide bonds. The molecule has 1 aromatic carbocycles. The number of nitrogens with one attached hydrogen (secondary N) is 2. The quantitative estimate of drug-likeness (QED) is 0.894. The molecule has 1 aliphatic heterocycles. The number of aromatic nitrogens is 2. The molecule has 6 heteroatoms. The second kappa shape index (κ2) is 6.40. The predicted octanol–water partition coefficient (Wildman–Crippen LogP) is 3.07. The number of rotatable bonds is 2. The van der Waals surface area contributed by atoms with Gasteiger partial charge in [-0.3, -0.25) is 9.48 Å². The monoisotopic (exact) mass is 320 g/mol. The Hall–Kier alpha value is -2.01. The van der Waals surface area contributed by atoms with E-state index in [-0.39, 0.29) is 18.3 Å². The average Bonchev–Trinajstić information content (AvgIpc) is 2.72. The van der Waals surface area contributed by atoms with Crippen LogP contribution in [0.1, 0.15) is 33.7 Å². The van der Waals surface area contributed by atoms with Crippen LogP contribution < -0.4 is 10.6 Å². The Morgan fingerprint density at radius 3 is 2.82 bits per heavy atom. The summed E-state index contributed by atoms with van der Waals surface area (Å²) in [6.45, 7) is 4.79. The summed E-state index contributed by atoms with van der Waals surface area (Å²) in [5, 5.41) is 10.6. The fraction of sp³-hybridized carbons (Fsp3) is 0.375. The van der Waals surface area contributed by atoms with Crippen LogP contribution in [0.5, 0.6) is 0 Å². The summed E-state index contributed by atoms with van der Waals surface area (Å²) in [5.41, 5.74) is 5.57. The van der Waals surface area contributed by atoms with Crippen molar-refractivity contribution in [3.05, 3.63) is 40.7 Å². The molecule has 0 fully saturated rings. The Kier molecular flexibility index (Phi) is 4.76. The smallest absolute Gasteiger partial charge is 0.259 e. The van der Waals surface area contributed by atoms with Crippen molar-refractivity contribution in [1.29, 1.82) is 0 Å². The van der Waals surface area contributed by atoms with Gasteiger partial charge in [0.05, 0.1) is 11.3 Å². The molecule has 0 atom stereocenters. The average molecular weight is 321 g/mol. The second-order valence-corrected chi connectivity index (χ2v) is 5.53. The van der Waals surface area contributed by atoms with E-state index < -0.39 is 0 Å². The maximum Gasteiger partial charge on any atom is 0.259 e. The maximum atomic E-state index is 12.5. The summed E-state index contributed by atoms with van der Waals surface area (Å²) < 4.78 is 1.74. The van der Waals surface area contributed by atoms with Crippen molar-refractivity contribution in [3.8, 4) is 0 Å². The van der Waals surface area contributed by atoms with Crippen molar-refractivity contribution in [1.82, 2.24) is 9.78 Å². The SMILES string of the molecule is Cc1nn(C)c(C)c1C(=O)Nc1ccc2c(c1)CCCN2.Cl. The van der Waals surface area contributed by atoms with Crippen molar-refractivity contribution in [2.75, 3.05) is 17.2 Å². The highest BCUT2D eigenvalue weighted by molar-refractivity contribution is 6.06. The first-order chi connectivity index (χ1) is 10.1. The summed E-state index contributed by atoms with van der Waals surface area (Å²) in [7, 11) is 1.85. The number of amides is 1. The molecule has 1 aromatic heterocycles. The van der Waals surface area contributed by atoms with Crippen LogP contribution in [0.2, 0.25) is 0 Å². The lowest BCUT2D eigenvalue weighted by Gasteiger charge is -2.18. The van der Waals surface area contributed by atoms with Gasteiger partial charge in [-0.05, 0) is 50.5 Å². The summed E-state index contributed by atoms with van der Waals surface area (Å²) in [6.07, 6.45) is 2.18. The number of nitrogens with zero attached hydrogens (tertiary/aromatic N) is 2. The van der Waals surface area contributed by atoms with Crippen LogP contribution in [0, 0.1) is 13.8 Å². The van der Waals surface area contributed by atoms with Crippen LogP contribution >= 0.6 is 12.4 Å². The molecule has 0 bridgehead atoms. The van der Waals surface area contributed by atoms with Crippen molar-refractivity contribution in [2.45, 2.75) is 26.7 Å². The molecule has 0 saturated carbocycles. The first-order valence-electron chi connectivity index (χ1n) is 7.24. The molecule has 2 N–H and O–H groups in total. The van der Waals surface area contributed by atoms with E-state index in [1.807, 2.05) is 33.0 Å². The highest BCUT2D eigenvalue weighted by Gasteiger charge is 2.18. The Morgan fingerprint density at radius 2 is 2.14 bits per heavy atom. The van der Waals surface area contributed by atoms with Gasteiger partial charge in [-0.15, -0.1) is 12.4 Å². The third-order valence-electron chi connectivity index (χ3n) is 4.04. The minimum Gasteiger partial charge on any atom is -0.385 e. The van der Waals surface area contributed by atoms with Gasteiger partial charge in [0, 0.05) is 30.7 Å². The number of hydrogen-bond acceptors (Lipinski definition) is 3. The molecule has 3 rings (SSSR count). The number of anilines is 2. The van der Waals surface area contributed by atoms with E-state index in [0.29, 0.717) is 5.56 Å². The van der Waals surface area contributed by atoms with Gasteiger partial charge in [0.25, 0.3) is 5.91 Å². The number of aryl methyl sites for hydroxylation is 3. The minimum absolute atomic E-state index is 0. The fourth-order valence-corrected chi connectivity index (χ4v) is 2.85. The van der Waals surface area contributed by atoms with Gasteiger partial charge in [-0.2, -0.15) is 5.10 Å². The Bertz CT molecular complexity index is 708. The third-order valence-corrected chi connectivity index (χ3v) is 4.04. The lowest BCUT2D eigenvalue weighted by Crippen LogP contribution is -2.16. The van der Waals surface area contributed by atoms with E-state index in [2.05, 4.69) is 21.8 Å². The first kappa shape index (κ1) is 16.4. The van der Waals surface area contributed by atoms with Gasteiger partial charge < -0.3 is 10.6 Å². The molecule has 1 aliphatic rings. The zero-order valence-electron chi connectivity index (χ0n) is 13.1. The van der Waals surface area contributed by atoms with E-state index in [1.165, 1.54) is 11.3 Å². The van der Waals surface area contributed by atoms with Crippen LogP contribution in [0.25, 0.3) is 0 Å². The number of carbonyl (C=O) groups excluding carboxylic acids is 1. The van der Waals surface area contributed by atoms with Crippen molar-refractivity contribution < 1.29 is 4.79 Å². The van der Waals surface area contributed by atoms with E-state index in [1.54, 1.807) is 4.68 Å². The summed E-state index contributed by atoms with van der Waals surface area (Å²) in [6, 6.07) is 6.03. The van der Waals surface area contributed by atoms with Crippen LogP contribution in [0.4, 0.5) is 11.4 Å². The Balaban J connectivity index is 0.00000176. The van der Waals surface area contributed by atoms with E-state index in [9.17, 15) is 4.79 Å². The van der Waals surface area contributed by atoms with E-state index in [4.69, 9.17) is 0 Å². The largest absolute Gasteiger partial charge is 0.385 e. The van der Waals surface area contributed by atoms with Gasteiger partial charge in [0.1, 0.15) is 0 Å². The summed E-state index contributed by atoms with van der Waals surface area (Å²) in [4.78, 5) is 12.5. The number of benzene rings is 1. The number of hydrogen-bond donors (Lipinski definition) is 2. The van der Waals surface area contributed by atoms with Crippen LogP contribution in [0.15, 0.2) is 18.2 Å². The number of carbonyl (C=O) groups is 1. The fourth-order valence-electron chi connectivity index (χ4n) is 2.85. The first-order valence-corrected chi connectivity index (χ1v) is 7.24.